The number of hydrogen-bond acceptors (Lipinski definition) is 5. The van der Waals surface area contributed by atoms with Gasteiger partial charge in [0.2, 0.25) is 17.7 Å². The van der Waals surface area contributed by atoms with Crippen molar-refractivity contribution in [3.63, 3.8) is 0 Å². The summed E-state index contributed by atoms with van der Waals surface area (Å²) in [6, 6.07) is 11.8. The first-order valence-electron chi connectivity index (χ1n) is 8.84. The second kappa shape index (κ2) is 7.82. The maximum atomic E-state index is 12.1. The quantitative estimate of drug-likeness (QED) is 0.527. The number of benzene rings is 1. The Kier molecular flexibility index (Phi) is 4.91. The van der Waals surface area contributed by atoms with E-state index in [4.69, 9.17) is 4.42 Å². The fraction of sp³-hybridized carbons (Fsp3) is 0.200. The number of carbonyl (C=O) groups excluding carboxylic acids is 1. The summed E-state index contributed by atoms with van der Waals surface area (Å²) in [6.45, 7) is 0.589. The van der Waals surface area contributed by atoms with E-state index < -0.39 is 0 Å². The molecule has 7 heteroatoms. The molecule has 0 atom stereocenters. The molecule has 2 N–H and O–H groups in total. The number of fused-ring (bicyclic) bond motifs is 1. The van der Waals surface area contributed by atoms with Gasteiger partial charge in [-0.05, 0) is 30.2 Å². The van der Waals surface area contributed by atoms with Gasteiger partial charge in [0.1, 0.15) is 0 Å². The zero-order valence-electron chi connectivity index (χ0n) is 14.7. The van der Waals surface area contributed by atoms with Crippen molar-refractivity contribution in [2.75, 3.05) is 6.54 Å². The maximum Gasteiger partial charge on any atom is 0.249 e. The Morgan fingerprint density at radius 2 is 2.04 bits per heavy atom. The van der Waals surface area contributed by atoms with Gasteiger partial charge in [0, 0.05) is 48.9 Å². The lowest BCUT2D eigenvalue weighted by Crippen LogP contribution is -2.25. The van der Waals surface area contributed by atoms with E-state index >= 15 is 0 Å². The van der Waals surface area contributed by atoms with Gasteiger partial charge in [-0.2, -0.15) is 0 Å². The number of aryl methyl sites for hydroxylation is 1. The molecule has 136 valence electrons. The van der Waals surface area contributed by atoms with Crippen LogP contribution in [0.5, 0.6) is 0 Å². The molecule has 1 aromatic carbocycles. The van der Waals surface area contributed by atoms with Gasteiger partial charge in [-0.15, -0.1) is 10.2 Å². The number of nitrogens with zero attached hydrogens (tertiary/aromatic N) is 3. The third-order valence-electron chi connectivity index (χ3n) is 4.33. The van der Waals surface area contributed by atoms with Crippen LogP contribution in [0.25, 0.3) is 22.4 Å². The molecule has 0 unspecified atom stereocenters. The average molecular weight is 361 g/mol. The molecule has 7 nitrogen and oxygen atoms in total. The highest BCUT2D eigenvalue weighted by molar-refractivity contribution is 5.83. The van der Waals surface area contributed by atoms with Crippen LogP contribution in [0, 0.1) is 0 Å². The first kappa shape index (κ1) is 17.0. The van der Waals surface area contributed by atoms with Crippen molar-refractivity contribution in [2.24, 2.45) is 0 Å². The molecule has 0 spiro atoms. The third kappa shape index (κ3) is 4.03. The lowest BCUT2D eigenvalue weighted by atomic mass is 10.1. The molecule has 0 saturated heterocycles. The summed E-state index contributed by atoms with van der Waals surface area (Å²) in [6.07, 6.45) is 6.83. The lowest BCUT2D eigenvalue weighted by molar-refractivity contribution is -0.121. The van der Waals surface area contributed by atoms with Crippen LogP contribution in [-0.4, -0.2) is 32.6 Å². The second-order valence-corrected chi connectivity index (χ2v) is 6.20. The van der Waals surface area contributed by atoms with Gasteiger partial charge >= 0.3 is 0 Å². The molecule has 0 aliphatic heterocycles. The molecule has 4 aromatic rings. The van der Waals surface area contributed by atoms with E-state index in [1.807, 2.05) is 30.5 Å². The van der Waals surface area contributed by atoms with E-state index in [0.29, 0.717) is 31.2 Å². The molecule has 0 aliphatic carbocycles. The highest BCUT2D eigenvalue weighted by atomic mass is 16.4. The van der Waals surface area contributed by atoms with E-state index in [1.54, 1.807) is 18.5 Å². The first-order valence-corrected chi connectivity index (χ1v) is 8.84. The van der Waals surface area contributed by atoms with Gasteiger partial charge < -0.3 is 14.7 Å². The zero-order valence-corrected chi connectivity index (χ0v) is 14.7. The van der Waals surface area contributed by atoms with Crippen molar-refractivity contribution >= 4 is 16.8 Å². The van der Waals surface area contributed by atoms with Gasteiger partial charge in [-0.1, -0.05) is 18.2 Å². The number of hydrogen-bond donors (Lipinski definition) is 2. The van der Waals surface area contributed by atoms with Crippen molar-refractivity contribution in [1.82, 2.24) is 25.5 Å². The number of carbonyl (C=O) groups is 1. The predicted molar refractivity (Wildman–Crippen MR) is 101 cm³/mol. The molecule has 0 radical (unpaired) electrons. The number of para-hydroxylation sites is 1. The molecule has 3 heterocycles. The van der Waals surface area contributed by atoms with Crippen molar-refractivity contribution in [1.29, 1.82) is 0 Å². The molecule has 0 fully saturated rings. The summed E-state index contributed by atoms with van der Waals surface area (Å²) >= 11 is 0. The van der Waals surface area contributed by atoms with Gasteiger partial charge in [0.15, 0.2) is 0 Å². The number of aromatic nitrogens is 4. The zero-order chi connectivity index (χ0) is 18.5. The van der Waals surface area contributed by atoms with Crippen molar-refractivity contribution in [2.45, 2.75) is 19.3 Å². The van der Waals surface area contributed by atoms with Crippen LogP contribution in [0.15, 0.2) is 59.4 Å². The van der Waals surface area contributed by atoms with Gasteiger partial charge in [-0.25, -0.2) is 0 Å². The molecule has 1 amide bonds. The molecular weight excluding hydrogens is 342 g/mol. The molecule has 27 heavy (non-hydrogen) atoms. The summed E-state index contributed by atoms with van der Waals surface area (Å²) in [7, 11) is 0. The highest BCUT2D eigenvalue weighted by Crippen LogP contribution is 2.18. The van der Waals surface area contributed by atoms with Crippen LogP contribution >= 0.6 is 0 Å². The Morgan fingerprint density at radius 1 is 1.11 bits per heavy atom. The maximum absolute atomic E-state index is 12.1. The Morgan fingerprint density at radius 3 is 2.93 bits per heavy atom. The Bertz CT molecular complexity index is 1040. The fourth-order valence-corrected chi connectivity index (χ4v) is 2.94. The predicted octanol–water partition coefficient (Wildman–Crippen LogP) is 2.90. The minimum Gasteiger partial charge on any atom is -0.421 e. The SMILES string of the molecule is O=C(CCc1nnc(-c2cccnc2)o1)NCCc1c[nH]c2ccccc12. The van der Waals surface area contributed by atoms with E-state index in [9.17, 15) is 4.79 Å². The topological polar surface area (TPSA) is 96.7 Å². The Balaban J connectivity index is 1.25. The van der Waals surface area contributed by atoms with Crippen molar-refractivity contribution in [3.8, 4) is 11.5 Å². The molecule has 0 saturated carbocycles. The van der Waals surface area contributed by atoms with Crippen molar-refractivity contribution in [3.05, 3.63) is 66.4 Å². The van der Waals surface area contributed by atoms with Crippen LogP contribution < -0.4 is 5.32 Å². The number of nitrogens with one attached hydrogen (secondary N) is 2. The fourth-order valence-electron chi connectivity index (χ4n) is 2.94. The normalized spacial score (nSPS) is 11.0. The van der Waals surface area contributed by atoms with Crippen LogP contribution in [-0.2, 0) is 17.6 Å². The minimum atomic E-state index is -0.0315. The Hall–Kier alpha value is -3.48. The Labute approximate surface area is 155 Å². The summed E-state index contributed by atoms with van der Waals surface area (Å²) in [5, 5.41) is 12.1. The van der Waals surface area contributed by atoms with E-state index in [0.717, 1.165) is 17.5 Å². The van der Waals surface area contributed by atoms with Crippen LogP contribution in [0.4, 0.5) is 0 Å². The molecule has 0 aliphatic rings. The minimum absolute atomic E-state index is 0.0315. The van der Waals surface area contributed by atoms with Crippen LogP contribution in [0.3, 0.4) is 0 Å². The number of amides is 1. The molecule has 0 bridgehead atoms. The summed E-state index contributed by atoms with van der Waals surface area (Å²) in [4.78, 5) is 19.3. The highest BCUT2D eigenvalue weighted by Gasteiger charge is 2.11. The number of H-pyrrole nitrogens is 1. The average Bonchev–Trinajstić information content (AvgIpc) is 3.35. The first-order chi connectivity index (χ1) is 13.3. The lowest BCUT2D eigenvalue weighted by Gasteiger charge is -2.03. The monoisotopic (exact) mass is 361 g/mol. The number of pyridine rings is 1. The van der Waals surface area contributed by atoms with E-state index in [2.05, 4.69) is 31.5 Å². The smallest absolute Gasteiger partial charge is 0.249 e. The number of aromatic amines is 1. The van der Waals surface area contributed by atoms with Gasteiger partial charge in [0.05, 0.1) is 5.56 Å². The number of rotatable bonds is 7. The van der Waals surface area contributed by atoms with Gasteiger partial charge in [-0.3, -0.25) is 9.78 Å². The van der Waals surface area contributed by atoms with E-state index in [-0.39, 0.29) is 5.91 Å². The molecule has 4 rings (SSSR count). The summed E-state index contributed by atoms with van der Waals surface area (Å²) < 4.78 is 5.59. The summed E-state index contributed by atoms with van der Waals surface area (Å²) in [5.41, 5.74) is 3.07. The van der Waals surface area contributed by atoms with Crippen LogP contribution in [0.1, 0.15) is 17.9 Å². The molecule has 3 aromatic heterocycles. The second-order valence-electron chi connectivity index (χ2n) is 6.20. The van der Waals surface area contributed by atoms with E-state index in [1.165, 1.54) is 10.9 Å². The molecular formula is C20H19N5O2. The largest absolute Gasteiger partial charge is 0.421 e. The van der Waals surface area contributed by atoms with Crippen molar-refractivity contribution < 1.29 is 9.21 Å². The third-order valence-corrected chi connectivity index (χ3v) is 4.33. The van der Waals surface area contributed by atoms with Crippen LogP contribution in [0.2, 0.25) is 0 Å². The standard InChI is InChI=1S/C20H19N5O2/c26-18(22-11-9-14-13-23-17-6-2-1-5-16(14)17)7-8-19-24-25-20(27-19)15-4-3-10-21-12-15/h1-6,10,12-13,23H,7-9,11H2,(H,22,26). The van der Waals surface area contributed by atoms with Gasteiger partial charge in [0.25, 0.3) is 0 Å². The summed E-state index contributed by atoms with van der Waals surface area (Å²) in [5.74, 6) is 0.828.